The third-order valence-electron chi connectivity index (χ3n) is 29.4. The first-order valence-electron chi connectivity index (χ1n) is 38.8. The van der Waals surface area contributed by atoms with E-state index in [2.05, 4.69) is 138 Å². The van der Waals surface area contributed by atoms with Crippen molar-refractivity contribution in [2.45, 2.75) is 234 Å². The lowest BCUT2D eigenvalue weighted by Crippen LogP contribution is -2.61. The molecule has 16 saturated carbocycles. The summed E-state index contributed by atoms with van der Waals surface area (Å²) in [6.07, 6.45) is 34.1. The number of nitrogens with one attached hydrogen (secondary N) is 3. The first kappa shape index (κ1) is 62.9. The molecule has 4 aromatic carbocycles. The molecule has 95 heavy (non-hydrogen) atoms. The van der Waals surface area contributed by atoms with Gasteiger partial charge in [-0.3, -0.25) is 14.4 Å². The fraction of sp³-hybridized carbons (Fsp3) is 0.616. The summed E-state index contributed by atoms with van der Waals surface area (Å²) >= 11 is 0. The number of carbonyl (C=O) groups excluding carboxylic acids is 3. The highest BCUT2D eigenvalue weighted by Gasteiger charge is 2.67. The Morgan fingerprint density at radius 1 is 0.400 bits per heavy atom. The molecule has 502 valence electrons. The molecule has 0 spiro atoms. The van der Waals surface area contributed by atoms with Gasteiger partial charge in [0.15, 0.2) is 0 Å². The molecule has 16 aliphatic rings. The minimum atomic E-state index is -0.421. The number of rotatable bonds is 17. The molecule has 16 fully saturated rings. The average Bonchev–Trinajstić information content (AvgIpc) is 1.23. The van der Waals surface area contributed by atoms with Crippen molar-refractivity contribution < 1.29 is 14.4 Å². The van der Waals surface area contributed by atoms with Gasteiger partial charge in [0.25, 0.3) is 0 Å². The van der Waals surface area contributed by atoms with Crippen LogP contribution in [0.1, 0.15) is 233 Å². The second-order valence-corrected chi connectivity index (χ2v) is 35.1. The number of benzene rings is 4. The van der Waals surface area contributed by atoms with Gasteiger partial charge in [-0.1, -0.05) is 139 Å². The first-order chi connectivity index (χ1) is 46.3. The van der Waals surface area contributed by atoms with Crippen molar-refractivity contribution >= 4 is 28.9 Å². The average molecular weight is 1280 g/mol. The van der Waals surface area contributed by atoms with Crippen LogP contribution < -0.4 is 33.2 Å². The van der Waals surface area contributed by atoms with Gasteiger partial charge in [0, 0.05) is 18.1 Å². The lowest BCUT2D eigenvalue weighted by atomic mass is 9.40. The predicted molar refractivity (Wildman–Crippen MR) is 381 cm³/mol. The smallest absolute Gasteiger partial charge is 0.226 e. The van der Waals surface area contributed by atoms with Gasteiger partial charge in [-0.2, -0.15) is 0 Å². The molecular weight excluding hydrogens is 1160 g/mol. The lowest BCUT2D eigenvalue weighted by molar-refractivity contribution is -0.145. The quantitative estimate of drug-likeness (QED) is 0.0576. The molecule has 6 unspecified atom stereocenters. The zero-order chi connectivity index (χ0) is 64.5. The Labute approximate surface area is 567 Å². The number of hydrogen-bond donors (Lipinski definition) is 6. The Balaban J connectivity index is 0.711. The van der Waals surface area contributed by atoms with E-state index < -0.39 is 5.41 Å². The summed E-state index contributed by atoms with van der Waals surface area (Å²) in [5, 5.41) is 11.2. The van der Waals surface area contributed by atoms with Crippen LogP contribution in [0.4, 0.5) is 0 Å². The van der Waals surface area contributed by atoms with E-state index in [1.807, 2.05) is 0 Å². The molecule has 12 bridgehead atoms. The molecular formula is C86H110N6O3. The van der Waals surface area contributed by atoms with Gasteiger partial charge in [0.2, 0.25) is 17.7 Å². The molecule has 9 nitrogen and oxygen atoms in total. The van der Waals surface area contributed by atoms with Crippen molar-refractivity contribution in [1.29, 1.82) is 0 Å². The number of carbonyl (C=O) groups is 3. The Hall–Kier alpha value is -5.61. The largest absolute Gasteiger partial charge is 0.353 e. The SMILES string of the molecule is CCC=C1C2CC3(C(=O)N[C@H]4CC[C@H](CN)CC4)CC1CC(c1cccc(C(=C4C5CC6(C(=O)N[C@H]7CC[C@H](CN)CC7)CC4CC(c4ccc(C(=C7C8CC9(C(=O)N[C@H]%10CC[C@H](CN)CC%10)CC7CC(c7ccccc7)(C8)C9)c7ccccc7)cc4)(C5)C6)C4CC4)c1)(C2)C3. The van der Waals surface area contributed by atoms with E-state index >= 15 is 14.4 Å². The standard InChI is InChI=1S/C86H110N6O3/c1-2-10-73-61-36-83(37-62(73)39-84(38-61,53-83)78(93)90-70-29-17-54(48-87)18-30-70)69-16-9-13-60(35-69)75(58-23-24-58)77-65-42-82(43-66(77)47-86(46-65,52-82)80(95)92-72-33-21-56(50-89)22-34-72)68-27-25-59(26-28-68)74(57-11-5-3-6-12-57)76-63-40-81(67-14-7-4-8-15-67)41-64(76)45-85(44-63,51-81)79(94)91-71-31-19-55(49-88)20-32-71/h3-16,25-28,35,54-56,58,61-66,70-72H,2,17-24,29-34,36-53,87-89H2,1H3,(H,90,93)(H,91,94)(H,92,95)/t54-,55-,56-,61?,62?,63?,64?,65?,66?,70-,71-,72-,81?,82?,83?,84?,85?,86?. The molecule has 4 aromatic rings. The van der Waals surface area contributed by atoms with Crippen LogP contribution >= 0.6 is 0 Å². The monoisotopic (exact) mass is 1270 g/mol. The van der Waals surface area contributed by atoms with Crippen molar-refractivity contribution in [2.24, 2.45) is 92.6 Å². The van der Waals surface area contributed by atoms with Gasteiger partial charge < -0.3 is 33.2 Å². The van der Waals surface area contributed by atoms with E-state index in [1.165, 1.54) is 51.8 Å². The lowest BCUT2D eigenvalue weighted by Gasteiger charge is -2.63. The van der Waals surface area contributed by atoms with Crippen LogP contribution in [0.2, 0.25) is 0 Å². The molecule has 0 heterocycles. The van der Waals surface area contributed by atoms with Gasteiger partial charge in [0.05, 0.1) is 16.2 Å². The molecule has 9 N–H and O–H groups in total. The van der Waals surface area contributed by atoms with Crippen molar-refractivity contribution in [2.75, 3.05) is 19.6 Å². The van der Waals surface area contributed by atoms with E-state index in [9.17, 15) is 0 Å². The topological polar surface area (TPSA) is 165 Å². The maximum Gasteiger partial charge on any atom is 0.226 e. The van der Waals surface area contributed by atoms with Crippen molar-refractivity contribution in [1.82, 2.24) is 16.0 Å². The fourth-order valence-electron chi connectivity index (χ4n) is 25.5. The van der Waals surface area contributed by atoms with Gasteiger partial charge >= 0.3 is 0 Å². The molecule has 0 radical (unpaired) electrons. The number of allylic oxidation sites excluding steroid dienone is 5. The molecule has 0 aliphatic heterocycles. The molecule has 9 heteroatoms. The Morgan fingerprint density at radius 2 is 0.768 bits per heavy atom. The van der Waals surface area contributed by atoms with E-state index in [1.54, 1.807) is 22.3 Å². The minimum Gasteiger partial charge on any atom is -0.353 e. The molecule has 6 atom stereocenters. The summed E-state index contributed by atoms with van der Waals surface area (Å²) < 4.78 is 0. The normalized spacial score (nSPS) is 39.4. The third kappa shape index (κ3) is 10.9. The van der Waals surface area contributed by atoms with Crippen LogP contribution in [0.25, 0.3) is 11.1 Å². The fourth-order valence-corrected chi connectivity index (χ4v) is 25.5. The molecule has 20 rings (SSSR count). The summed E-state index contributed by atoms with van der Waals surface area (Å²) in [7, 11) is 0. The van der Waals surface area contributed by atoms with E-state index in [0.717, 1.165) is 199 Å². The van der Waals surface area contributed by atoms with Crippen molar-refractivity contribution in [3.05, 3.63) is 165 Å². The maximum absolute atomic E-state index is 15.7. The van der Waals surface area contributed by atoms with Crippen LogP contribution in [0.15, 0.2) is 132 Å². The highest BCUT2D eigenvalue weighted by Crippen LogP contribution is 2.72. The highest BCUT2D eigenvalue weighted by molar-refractivity contribution is 5.88. The third-order valence-corrected chi connectivity index (χ3v) is 29.4. The Morgan fingerprint density at radius 3 is 1.20 bits per heavy atom. The maximum atomic E-state index is 15.7. The van der Waals surface area contributed by atoms with Crippen LogP contribution in [-0.4, -0.2) is 55.5 Å². The number of hydrogen-bond acceptors (Lipinski definition) is 6. The Bertz CT molecular complexity index is 3610. The number of nitrogens with two attached hydrogens (primary N) is 3. The Kier molecular flexibility index (Phi) is 16.1. The van der Waals surface area contributed by atoms with Gasteiger partial charge in [0.1, 0.15) is 0 Å². The van der Waals surface area contributed by atoms with E-state index in [4.69, 9.17) is 17.2 Å². The first-order valence-corrected chi connectivity index (χ1v) is 38.8. The summed E-state index contributed by atoms with van der Waals surface area (Å²) in [4.78, 5) is 45.9. The van der Waals surface area contributed by atoms with Crippen LogP contribution in [-0.2, 0) is 30.6 Å². The summed E-state index contributed by atoms with van der Waals surface area (Å²) in [6.45, 7) is 4.53. The van der Waals surface area contributed by atoms with Crippen LogP contribution in [0.3, 0.4) is 0 Å². The number of amides is 3. The summed E-state index contributed by atoms with van der Waals surface area (Å²) in [5.41, 5.74) is 33.5. The molecule has 0 aromatic heterocycles. The van der Waals surface area contributed by atoms with Gasteiger partial charge in [-0.25, -0.2) is 0 Å². The van der Waals surface area contributed by atoms with Gasteiger partial charge in [-0.05, 0) is 332 Å². The zero-order valence-electron chi connectivity index (χ0n) is 57.3. The van der Waals surface area contributed by atoms with Gasteiger partial charge in [-0.15, -0.1) is 0 Å². The summed E-state index contributed by atoms with van der Waals surface area (Å²) in [6, 6.07) is 43.4. The van der Waals surface area contributed by atoms with Crippen molar-refractivity contribution in [3.8, 4) is 0 Å². The molecule has 16 aliphatic carbocycles. The zero-order valence-corrected chi connectivity index (χ0v) is 57.3. The highest BCUT2D eigenvalue weighted by atomic mass is 16.2. The second-order valence-electron chi connectivity index (χ2n) is 35.1. The van der Waals surface area contributed by atoms with Crippen molar-refractivity contribution in [3.63, 3.8) is 0 Å². The van der Waals surface area contributed by atoms with Crippen LogP contribution in [0, 0.1) is 75.4 Å². The van der Waals surface area contributed by atoms with Crippen LogP contribution in [0.5, 0.6) is 0 Å². The predicted octanol–water partition coefficient (Wildman–Crippen LogP) is 15.6. The van der Waals surface area contributed by atoms with E-state index in [0.29, 0.717) is 76.9 Å². The van der Waals surface area contributed by atoms with E-state index in [-0.39, 0.29) is 45.2 Å². The minimum absolute atomic E-state index is 0.0219. The second kappa shape index (κ2) is 24.4. The summed E-state index contributed by atoms with van der Waals surface area (Å²) in [5.74, 6) is 5.45. The molecule has 3 amide bonds. The molecule has 0 saturated heterocycles.